The molecule has 1 amide bonds. The number of rotatable bonds is 10. The molecule has 5 aromatic rings. The second-order valence-corrected chi connectivity index (χ2v) is 12.5. The van der Waals surface area contributed by atoms with Crippen molar-refractivity contribution in [2.24, 2.45) is 5.73 Å². The van der Waals surface area contributed by atoms with Crippen LogP contribution < -0.4 is 11.1 Å². The molecule has 220 valence electrons. The molecular formula is C34H34Cl2N6O. The van der Waals surface area contributed by atoms with Gasteiger partial charge in [0.2, 0.25) is 5.91 Å². The first kappa shape index (κ1) is 29.2. The first-order valence-electron chi connectivity index (χ1n) is 14.5. The number of para-hydroxylation sites is 1. The van der Waals surface area contributed by atoms with Crippen molar-refractivity contribution in [2.75, 3.05) is 0 Å². The predicted octanol–water partition coefficient (Wildman–Crippen LogP) is 6.82. The molecule has 0 bridgehead atoms. The van der Waals surface area contributed by atoms with E-state index < -0.39 is 11.6 Å². The van der Waals surface area contributed by atoms with Crippen molar-refractivity contribution in [3.05, 3.63) is 123 Å². The van der Waals surface area contributed by atoms with Gasteiger partial charge in [-0.15, -0.1) is 10.2 Å². The highest BCUT2D eigenvalue weighted by molar-refractivity contribution is 6.42. The average molecular weight is 614 g/mol. The number of aromatic nitrogens is 4. The number of fused-ring (bicyclic) bond motifs is 2. The fourth-order valence-electron chi connectivity index (χ4n) is 5.69. The molecule has 43 heavy (non-hydrogen) atoms. The summed E-state index contributed by atoms with van der Waals surface area (Å²) in [5.41, 5.74) is 12.1. The highest BCUT2D eigenvalue weighted by atomic mass is 35.5. The van der Waals surface area contributed by atoms with E-state index in [2.05, 4.69) is 62.6 Å². The van der Waals surface area contributed by atoms with E-state index in [9.17, 15) is 4.79 Å². The number of aromatic amines is 1. The summed E-state index contributed by atoms with van der Waals surface area (Å²) >= 11 is 12.6. The molecule has 6 rings (SSSR count). The van der Waals surface area contributed by atoms with Crippen molar-refractivity contribution in [1.29, 1.82) is 0 Å². The first-order chi connectivity index (χ1) is 20.7. The number of aryl methyl sites for hydroxylation is 2. The van der Waals surface area contributed by atoms with Gasteiger partial charge >= 0.3 is 0 Å². The Kier molecular flexibility index (Phi) is 8.14. The molecule has 1 aliphatic rings. The van der Waals surface area contributed by atoms with Crippen LogP contribution in [-0.4, -0.2) is 31.2 Å². The Morgan fingerprint density at radius 1 is 1.05 bits per heavy atom. The van der Waals surface area contributed by atoms with Gasteiger partial charge < -0.3 is 20.6 Å². The van der Waals surface area contributed by atoms with Gasteiger partial charge in [-0.3, -0.25) is 4.79 Å². The fourth-order valence-corrected chi connectivity index (χ4v) is 6.01. The van der Waals surface area contributed by atoms with E-state index >= 15 is 0 Å². The molecule has 2 aromatic heterocycles. The largest absolute Gasteiger partial charge is 0.361 e. The van der Waals surface area contributed by atoms with Crippen LogP contribution in [0.1, 0.15) is 60.2 Å². The van der Waals surface area contributed by atoms with Gasteiger partial charge in [-0.1, -0.05) is 77.8 Å². The summed E-state index contributed by atoms with van der Waals surface area (Å²) in [6.07, 6.45) is 7.14. The van der Waals surface area contributed by atoms with Crippen molar-refractivity contribution in [3.8, 4) is 0 Å². The SMILES string of the molecule is CC(C)(N)C(=O)N[C@H](CC1=CCc2ccccc21)c1nnc(CCc2c[nH]c3ccccc23)n1Cc1ccc(Cl)c(Cl)c1. The molecule has 4 N–H and O–H groups in total. The minimum absolute atomic E-state index is 0.256. The minimum atomic E-state index is -1.06. The number of nitrogens with two attached hydrogens (primary N) is 1. The lowest BCUT2D eigenvalue weighted by Crippen LogP contribution is -2.50. The van der Waals surface area contributed by atoms with E-state index in [0.717, 1.165) is 29.7 Å². The maximum absolute atomic E-state index is 13.3. The molecule has 0 saturated carbocycles. The van der Waals surface area contributed by atoms with E-state index in [0.29, 0.717) is 35.3 Å². The average Bonchev–Trinajstić information content (AvgIpc) is 3.70. The summed E-state index contributed by atoms with van der Waals surface area (Å²) < 4.78 is 2.10. The van der Waals surface area contributed by atoms with E-state index in [1.54, 1.807) is 19.9 Å². The van der Waals surface area contributed by atoms with E-state index in [1.165, 1.54) is 27.6 Å². The smallest absolute Gasteiger partial charge is 0.240 e. The zero-order valence-electron chi connectivity index (χ0n) is 24.2. The first-order valence-corrected chi connectivity index (χ1v) is 15.2. The third-order valence-electron chi connectivity index (χ3n) is 8.03. The van der Waals surface area contributed by atoms with Gasteiger partial charge in [-0.05, 0) is 72.7 Å². The Hall–Kier alpha value is -3.91. The summed E-state index contributed by atoms with van der Waals surface area (Å²) in [6, 6.07) is 21.8. The molecule has 0 aliphatic heterocycles. The maximum atomic E-state index is 13.3. The van der Waals surface area contributed by atoms with Gasteiger partial charge in [0.25, 0.3) is 0 Å². The molecule has 0 saturated heterocycles. The Balaban J connectivity index is 1.38. The van der Waals surface area contributed by atoms with Gasteiger partial charge in [0.05, 0.1) is 28.2 Å². The zero-order valence-corrected chi connectivity index (χ0v) is 25.7. The molecule has 1 atom stereocenters. The van der Waals surface area contributed by atoms with Gasteiger partial charge in [0.15, 0.2) is 5.82 Å². The van der Waals surface area contributed by atoms with Crippen LogP contribution in [0.25, 0.3) is 16.5 Å². The molecule has 0 spiro atoms. The van der Waals surface area contributed by atoms with Crippen molar-refractivity contribution in [1.82, 2.24) is 25.1 Å². The summed E-state index contributed by atoms with van der Waals surface area (Å²) in [5.74, 6) is 1.23. The quantitative estimate of drug-likeness (QED) is 0.161. The molecular weight excluding hydrogens is 579 g/mol. The van der Waals surface area contributed by atoms with Crippen molar-refractivity contribution >= 4 is 45.6 Å². The van der Waals surface area contributed by atoms with E-state index in [4.69, 9.17) is 34.0 Å². The summed E-state index contributed by atoms with van der Waals surface area (Å²) in [6.45, 7) is 3.88. The summed E-state index contributed by atoms with van der Waals surface area (Å²) in [5, 5.41) is 14.8. The van der Waals surface area contributed by atoms with Crippen LogP contribution in [0.15, 0.2) is 79.0 Å². The van der Waals surface area contributed by atoms with Crippen LogP contribution in [0.3, 0.4) is 0 Å². The highest BCUT2D eigenvalue weighted by Crippen LogP contribution is 2.35. The third-order valence-corrected chi connectivity index (χ3v) is 8.77. The van der Waals surface area contributed by atoms with Crippen molar-refractivity contribution in [2.45, 2.75) is 57.7 Å². The highest BCUT2D eigenvalue weighted by Gasteiger charge is 2.30. The van der Waals surface area contributed by atoms with Crippen LogP contribution in [0.4, 0.5) is 0 Å². The number of amides is 1. The third kappa shape index (κ3) is 6.25. The Labute approximate surface area is 261 Å². The lowest BCUT2D eigenvalue weighted by atomic mass is 9.98. The lowest BCUT2D eigenvalue weighted by Gasteiger charge is -2.25. The van der Waals surface area contributed by atoms with Gasteiger partial charge in [-0.25, -0.2) is 0 Å². The molecule has 1 aliphatic carbocycles. The molecule has 2 heterocycles. The molecule has 7 nitrogen and oxygen atoms in total. The number of allylic oxidation sites excluding steroid dienone is 1. The van der Waals surface area contributed by atoms with E-state index in [-0.39, 0.29) is 5.91 Å². The van der Waals surface area contributed by atoms with E-state index in [1.807, 2.05) is 30.3 Å². The number of nitrogens with zero attached hydrogens (tertiary/aromatic N) is 3. The number of H-pyrrole nitrogens is 1. The van der Waals surface area contributed by atoms with Gasteiger partial charge in [0.1, 0.15) is 5.82 Å². The zero-order chi connectivity index (χ0) is 30.1. The molecule has 9 heteroatoms. The predicted molar refractivity (Wildman–Crippen MR) is 173 cm³/mol. The van der Waals surface area contributed by atoms with Crippen molar-refractivity contribution in [3.63, 3.8) is 0 Å². The van der Waals surface area contributed by atoms with Crippen LogP contribution in [-0.2, 0) is 30.6 Å². The normalized spacial score (nSPS) is 13.7. The number of carbonyl (C=O) groups excluding carboxylic acids is 1. The number of carbonyl (C=O) groups is 1. The fraction of sp³-hybridized carbons (Fsp3) is 0.265. The van der Waals surface area contributed by atoms with Crippen LogP contribution >= 0.6 is 23.2 Å². The minimum Gasteiger partial charge on any atom is -0.361 e. The number of halogens is 2. The lowest BCUT2D eigenvalue weighted by molar-refractivity contribution is -0.126. The van der Waals surface area contributed by atoms with Crippen molar-refractivity contribution < 1.29 is 4.79 Å². The topological polar surface area (TPSA) is 102 Å². The number of nitrogens with one attached hydrogen (secondary N) is 2. The number of hydrogen-bond acceptors (Lipinski definition) is 4. The summed E-state index contributed by atoms with van der Waals surface area (Å²) in [4.78, 5) is 16.6. The standard InChI is InChI=1S/C34H34Cl2N6O/c1-34(2,37)33(43)39-30(18-23-13-12-22-7-3-4-8-25(22)23)32-41-40-31(42(32)20-21-11-15-27(35)28(36)17-21)16-14-24-19-38-29-10-6-5-9-26(24)29/h3-11,13,15,17,19,30,38H,12,14,16,18,20,37H2,1-2H3,(H,39,43)/t30-/m1/s1. The molecule has 0 unspecified atom stereocenters. The number of benzene rings is 3. The molecule has 0 fully saturated rings. The Morgan fingerprint density at radius 2 is 1.84 bits per heavy atom. The maximum Gasteiger partial charge on any atom is 0.240 e. The summed E-state index contributed by atoms with van der Waals surface area (Å²) in [7, 11) is 0. The molecule has 3 aromatic carbocycles. The second kappa shape index (κ2) is 12.0. The Bertz CT molecular complexity index is 1830. The monoisotopic (exact) mass is 612 g/mol. The molecule has 0 radical (unpaired) electrons. The van der Waals surface area contributed by atoms with Gasteiger partial charge in [-0.2, -0.15) is 0 Å². The van der Waals surface area contributed by atoms with Gasteiger partial charge in [0, 0.05) is 29.9 Å². The second-order valence-electron chi connectivity index (χ2n) is 11.7. The van der Waals surface area contributed by atoms with Crippen LogP contribution in [0, 0.1) is 0 Å². The van der Waals surface area contributed by atoms with Crippen LogP contribution in [0.2, 0.25) is 10.0 Å². The Morgan fingerprint density at radius 3 is 2.65 bits per heavy atom. The number of hydrogen-bond donors (Lipinski definition) is 3. The van der Waals surface area contributed by atoms with Crippen LogP contribution in [0.5, 0.6) is 0 Å².